The SMILES string of the molecule is O=C(Nc1c(F)cccc1-c1ccccc1)[C@@H]1CCCN1C(=O)CSc1nnnn1-c1ccccc1. The number of hydrogen-bond donors (Lipinski definition) is 1. The van der Waals surface area contributed by atoms with E-state index in [1.807, 2.05) is 60.7 Å². The number of carbonyl (C=O) groups excluding carboxylic acids is 2. The summed E-state index contributed by atoms with van der Waals surface area (Å²) < 4.78 is 16.3. The van der Waals surface area contributed by atoms with Crippen molar-refractivity contribution in [3.63, 3.8) is 0 Å². The number of nitrogens with one attached hydrogen (secondary N) is 1. The molecular weight excluding hydrogens is 479 g/mol. The first-order valence-electron chi connectivity index (χ1n) is 11.5. The fourth-order valence-corrected chi connectivity index (χ4v) is 5.04. The molecule has 1 N–H and O–H groups in total. The zero-order valence-corrected chi connectivity index (χ0v) is 20.1. The molecule has 0 spiro atoms. The maximum Gasteiger partial charge on any atom is 0.247 e. The molecule has 3 aromatic carbocycles. The third kappa shape index (κ3) is 4.99. The summed E-state index contributed by atoms with van der Waals surface area (Å²) in [4.78, 5) is 27.9. The highest BCUT2D eigenvalue weighted by Crippen LogP contribution is 2.31. The van der Waals surface area contributed by atoms with Gasteiger partial charge in [0.15, 0.2) is 0 Å². The second kappa shape index (κ2) is 10.7. The number of thioether (sulfide) groups is 1. The number of aromatic nitrogens is 4. The third-order valence-electron chi connectivity index (χ3n) is 5.99. The molecular formula is C26H23FN6O2S. The van der Waals surface area contributed by atoms with Crippen molar-refractivity contribution in [3.8, 4) is 16.8 Å². The van der Waals surface area contributed by atoms with Crippen molar-refractivity contribution >= 4 is 29.3 Å². The first-order chi connectivity index (χ1) is 17.6. The van der Waals surface area contributed by atoms with E-state index in [1.165, 1.54) is 17.8 Å². The van der Waals surface area contributed by atoms with Crippen molar-refractivity contribution in [2.75, 3.05) is 17.6 Å². The lowest BCUT2D eigenvalue weighted by atomic mass is 10.0. The smallest absolute Gasteiger partial charge is 0.247 e. The zero-order chi connectivity index (χ0) is 24.9. The minimum absolute atomic E-state index is 0.0753. The molecule has 1 aliphatic rings. The summed E-state index contributed by atoms with van der Waals surface area (Å²) >= 11 is 1.21. The summed E-state index contributed by atoms with van der Waals surface area (Å²) in [5, 5.41) is 15.0. The summed E-state index contributed by atoms with van der Waals surface area (Å²) in [6.07, 6.45) is 1.21. The molecule has 1 atom stereocenters. The maximum absolute atomic E-state index is 14.8. The van der Waals surface area contributed by atoms with Crippen LogP contribution in [0.15, 0.2) is 84.0 Å². The Kier molecular flexibility index (Phi) is 7.03. The van der Waals surface area contributed by atoms with E-state index < -0.39 is 17.8 Å². The highest BCUT2D eigenvalue weighted by Gasteiger charge is 2.34. The van der Waals surface area contributed by atoms with Gasteiger partial charge in [0.2, 0.25) is 17.0 Å². The summed E-state index contributed by atoms with van der Waals surface area (Å²) in [6.45, 7) is 0.462. The number of anilines is 1. The first kappa shape index (κ1) is 23.7. The van der Waals surface area contributed by atoms with Crippen LogP contribution in [0, 0.1) is 5.82 Å². The average Bonchev–Trinajstić information content (AvgIpc) is 3.60. The molecule has 2 heterocycles. The van der Waals surface area contributed by atoms with Gasteiger partial charge in [-0.1, -0.05) is 72.4 Å². The number of carbonyl (C=O) groups is 2. The van der Waals surface area contributed by atoms with Crippen LogP contribution < -0.4 is 5.32 Å². The Morgan fingerprint density at radius 3 is 2.53 bits per heavy atom. The highest BCUT2D eigenvalue weighted by atomic mass is 32.2. The molecule has 36 heavy (non-hydrogen) atoms. The fraction of sp³-hybridized carbons (Fsp3) is 0.192. The van der Waals surface area contributed by atoms with Crippen LogP contribution >= 0.6 is 11.8 Å². The second-order valence-corrected chi connectivity index (χ2v) is 9.20. The number of hydrogen-bond acceptors (Lipinski definition) is 6. The molecule has 0 saturated carbocycles. The standard InChI is InChI=1S/C26H23FN6O2S/c27-21-14-7-13-20(18-9-3-1-4-10-18)24(21)28-25(35)22-15-8-16-32(22)23(34)17-36-26-29-30-31-33(26)19-11-5-2-6-12-19/h1-7,9-14,22H,8,15-17H2,(H,28,35)/t22-/m0/s1. The molecule has 182 valence electrons. The monoisotopic (exact) mass is 502 g/mol. The number of nitrogens with zero attached hydrogens (tertiary/aromatic N) is 5. The Balaban J connectivity index is 1.28. The molecule has 4 aromatic rings. The molecule has 8 nitrogen and oxygen atoms in total. The van der Waals surface area contributed by atoms with Gasteiger partial charge in [-0.15, -0.1) is 5.10 Å². The Bertz CT molecular complexity index is 1370. The van der Waals surface area contributed by atoms with Crippen molar-refractivity contribution in [2.45, 2.75) is 24.0 Å². The second-order valence-electron chi connectivity index (χ2n) is 8.26. The van der Waals surface area contributed by atoms with Crippen LogP contribution in [0.5, 0.6) is 0 Å². The predicted molar refractivity (Wildman–Crippen MR) is 135 cm³/mol. The molecule has 1 saturated heterocycles. The van der Waals surface area contributed by atoms with E-state index in [1.54, 1.807) is 21.7 Å². The van der Waals surface area contributed by atoms with Crippen LogP contribution in [0.1, 0.15) is 12.8 Å². The van der Waals surface area contributed by atoms with Gasteiger partial charge in [0, 0.05) is 12.1 Å². The molecule has 1 aliphatic heterocycles. The Morgan fingerprint density at radius 1 is 1.00 bits per heavy atom. The summed E-state index contributed by atoms with van der Waals surface area (Å²) in [5.41, 5.74) is 2.28. The lowest BCUT2D eigenvalue weighted by Gasteiger charge is -2.24. The topological polar surface area (TPSA) is 93.0 Å². The molecule has 10 heteroatoms. The summed E-state index contributed by atoms with van der Waals surface area (Å²) in [6, 6.07) is 22.7. The van der Waals surface area contributed by atoms with Crippen LogP contribution in [0.4, 0.5) is 10.1 Å². The van der Waals surface area contributed by atoms with Crippen molar-refractivity contribution < 1.29 is 14.0 Å². The van der Waals surface area contributed by atoms with E-state index in [9.17, 15) is 14.0 Å². The van der Waals surface area contributed by atoms with E-state index >= 15 is 0 Å². The number of amides is 2. The molecule has 2 amide bonds. The van der Waals surface area contributed by atoms with Gasteiger partial charge in [-0.05, 0) is 47.0 Å². The largest absolute Gasteiger partial charge is 0.330 e. The molecule has 1 aromatic heterocycles. The van der Waals surface area contributed by atoms with E-state index in [0.717, 1.165) is 11.3 Å². The maximum atomic E-state index is 14.8. The Morgan fingerprint density at radius 2 is 1.75 bits per heavy atom. The van der Waals surface area contributed by atoms with Crippen molar-refractivity contribution in [1.29, 1.82) is 0 Å². The van der Waals surface area contributed by atoms with Crippen LogP contribution in [-0.2, 0) is 9.59 Å². The molecule has 5 rings (SSSR count). The van der Waals surface area contributed by atoms with Gasteiger partial charge < -0.3 is 10.2 Å². The quantitative estimate of drug-likeness (QED) is 0.381. The lowest BCUT2D eigenvalue weighted by Crippen LogP contribution is -2.44. The average molecular weight is 503 g/mol. The molecule has 0 radical (unpaired) electrons. The summed E-state index contributed by atoms with van der Waals surface area (Å²) in [5.74, 6) is -1.05. The van der Waals surface area contributed by atoms with Crippen LogP contribution in [0.2, 0.25) is 0 Å². The summed E-state index contributed by atoms with van der Waals surface area (Å²) in [7, 11) is 0. The third-order valence-corrected chi connectivity index (χ3v) is 6.89. The number of halogens is 1. The van der Waals surface area contributed by atoms with E-state index in [4.69, 9.17) is 0 Å². The van der Waals surface area contributed by atoms with Crippen molar-refractivity contribution in [2.24, 2.45) is 0 Å². The van der Waals surface area contributed by atoms with Gasteiger partial charge in [0.1, 0.15) is 11.9 Å². The van der Waals surface area contributed by atoms with Crippen LogP contribution in [-0.4, -0.2) is 55.3 Å². The minimum atomic E-state index is -0.675. The zero-order valence-electron chi connectivity index (χ0n) is 19.3. The van der Waals surface area contributed by atoms with Gasteiger partial charge in [-0.2, -0.15) is 4.68 Å². The number of benzene rings is 3. The number of para-hydroxylation sites is 2. The highest BCUT2D eigenvalue weighted by molar-refractivity contribution is 7.99. The fourth-order valence-electron chi connectivity index (χ4n) is 4.26. The lowest BCUT2D eigenvalue weighted by molar-refractivity contribution is -0.134. The number of rotatable bonds is 7. The predicted octanol–water partition coefficient (Wildman–Crippen LogP) is 4.19. The van der Waals surface area contributed by atoms with Gasteiger partial charge in [-0.25, -0.2) is 4.39 Å². The van der Waals surface area contributed by atoms with E-state index in [-0.39, 0.29) is 17.3 Å². The van der Waals surface area contributed by atoms with E-state index in [0.29, 0.717) is 30.1 Å². The van der Waals surface area contributed by atoms with Gasteiger partial charge >= 0.3 is 0 Å². The molecule has 1 fully saturated rings. The number of tetrazole rings is 1. The number of likely N-dealkylation sites (tertiary alicyclic amines) is 1. The molecule has 0 aliphatic carbocycles. The minimum Gasteiger partial charge on any atom is -0.330 e. The van der Waals surface area contributed by atoms with Gasteiger partial charge in [-0.3, -0.25) is 9.59 Å². The van der Waals surface area contributed by atoms with Gasteiger partial charge in [0.25, 0.3) is 0 Å². The van der Waals surface area contributed by atoms with E-state index in [2.05, 4.69) is 20.8 Å². The van der Waals surface area contributed by atoms with Crippen LogP contribution in [0.3, 0.4) is 0 Å². The normalized spacial score (nSPS) is 15.1. The van der Waals surface area contributed by atoms with Crippen LogP contribution in [0.25, 0.3) is 16.8 Å². The Labute approximate surface area is 211 Å². The van der Waals surface area contributed by atoms with Gasteiger partial charge in [0.05, 0.1) is 17.1 Å². The Hall–Kier alpha value is -4.05. The molecule has 0 unspecified atom stereocenters. The molecule has 0 bridgehead atoms. The van der Waals surface area contributed by atoms with Crippen molar-refractivity contribution in [3.05, 3.63) is 84.7 Å². The van der Waals surface area contributed by atoms with Crippen molar-refractivity contribution in [1.82, 2.24) is 25.1 Å². The first-order valence-corrected chi connectivity index (χ1v) is 12.5.